The van der Waals surface area contributed by atoms with Gasteiger partial charge in [-0.3, -0.25) is 4.79 Å². The van der Waals surface area contributed by atoms with E-state index in [9.17, 15) is 20.1 Å². The fraction of sp³-hybridized carbons (Fsp3) is 0.719. The number of rotatable bonds is 6. The van der Waals surface area contributed by atoms with Gasteiger partial charge in [0.05, 0.1) is 18.3 Å². The molecule has 5 rings (SSSR count). The third-order valence-electron chi connectivity index (χ3n) is 9.93. The number of aliphatic hydroxyl groups is 3. The quantitative estimate of drug-likeness (QED) is 0.351. The molecule has 1 aromatic carbocycles. The molecule has 0 heterocycles. The molecule has 2 bridgehead atoms. The maximum atomic E-state index is 14.0. The van der Waals surface area contributed by atoms with Crippen molar-refractivity contribution in [2.75, 3.05) is 26.7 Å². The standard InChI is InChI=1S/C32H49NO4/c1-23-8-7-16-31(2)29(15-17-32(31,37)22-33(3)18-19-34)27-14-12-24(20-26(35)13-11-23)21-28(27)30(36)25-9-5-4-6-10-25/h8,12,14,21,25-26,29,34-35,37H,4-7,9-11,13,15-20,22H2,1-3H3. The molecular formula is C32H49NO4. The molecule has 0 amide bonds. The summed E-state index contributed by atoms with van der Waals surface area (Å²) in [5.41, 5.74) is 2.95. The first-order valence-electron chi connectivity index (χ1n) is 14.7. The number of fused-ring (bicyclic) bond motifs is 8. The van der Waals surface area contributed by atoms with E-state index in [2.05, 4.69) is 38.1 Å². The number of hydrogen-bond acceptors (Lipinski definition) is 5. The van der Waals surface area contributed by atoms with Crippen LogP contribution in [0, 0.1) is 11.3 Å². The zero-order valence-electron chi connectivity index (χ0n) is 23.3. The van der Waals surface area contributed by atoms with Gasteiger partial charge in [-0.15, -0.1) is 0 Å². The van der Waals surface area contributed by atoms with E-state index < -0.39 is 17.1 Å². The maximum Gasteiger partial charge on any atom is 0.166 e. The van der Waals surface area contributed by atoms with E-state index in [4.69, 9.17) is 0 Å². The number of aliphatic hydroxyl groups excluding tert-OH is 2. The Morgan fingerprint density at radius 2 is 1.86 bits per heavy atom. The van der Waals surface area contributed by atoms with Crippen molar-refractivity contribution in [2.24, 2.45) is 11.3 Å². The first-order chi connectivity index (χ1) is 17.7. The summed E-state index contributed by atoms with van der Waals surface area (Å²) in [7, 11) is 1.97. The number of carbonyl (C=O) groups excluding carboxylic acids is 1. The van der Waals surface area contributed by atoms with E-state index in [0.29, 0.717) is 32.4 Å². The van der Waals surface area contributed by atoms with E-state index >= 15 is 0 Å². The number of likely N-dealkylation sites (N-methyl/N-ethyl adjacent to an activating group) is 1. The van der Waals surface area contributed by atoms with Gasteiger partial charge in [0.1, 0.15) is 0 Å². The molecule has 5 nitrogen and oxygen atoms in total. The largest absolute Gasteiger partial charge is 0.395 e. The lowest BCUT2D eigenvalue weighted by Crippen LogP contribution is -2.52. The Kier molecular flexibility index (Phi) is 9.32. The molecule has 0 saturated heterocycles. The number of Topliss-reactive ketones (excluding diaryl/α,β-unsaturated/α-hetero) is 1. The van der Waals surface area contributed by atoms with Crippen molar-refractivity contribution in [3.63, 3.8) is 0 Å². The Bertz CT molecular complexity index is 968. The van der Waals surface area contributed by atoms with Crippen molar-refractivity contribution in [1.29, 1.82) is 0 Å². The lowest BCUT2D eigenvalue weighted by atomic mass is 9.64. The second-order valence-electron chi connectivity index (χ2n) is 12.6. The highest BCUT2D eigenvalue weighted by atomic mass is 16.3. The van der Waals surface area contributed by atoms with Crippen LogP contribution in [0.3, 0.4) is 0 Å². The van der Waals surface area contributed by atoms with Crippen molar-refractivity contribution < 1.29 is 20.1 Å². The molecule has 37 heavy (non-hydrogen) atoms. The van der Waals surface area contributed by atoms with E-state index in [0.717, 1.165) is 68.1 Å². The summed E-state index contributed by atoms with van der Waals surface area (Å²) in [5, 5.41) is 32.5. The Morgan fingerprint density at radius 1 is 1.11 bits per heavy atom. The van der Waals surface area contributed by atoms with Crippen LogP contribution in [0.5, 0.6) is 0 Å². The minimum atomic E-state index is -0.902. The van der Waals surface area contributed by atoms with Crippen molar-refractivity contribution in [3.05, 3.63) is 46.5 Å². The molecule has 0 aliphatic heterocycles. The number of carbonyl (C=O) groups is 1. The Labute approximate surface area is 224 Å². The van der Waals surface area contributed by atoms with Crippen molar-refractivity contribution in [3.8, 4) is 0 Å². The lowest BCUT2D eigenvalue weighted by Gasteiger charge is -2.45. The van der Waals surface area contributed by atoms with Gasteiger partial charge in [-0.25, -0.2) is 0 Å². The molecule has 4 aliphatic rings. The molecule has 2 saturated carbocycles. The fourth-order valence-corrected chi connectivity index (χ4v) is 7.49. The van der Waals surface area contributed by atoms with E-state index in [1.165, 1.54) is 12.0 Å². The lowest BCUT2D eigenvalue weighted by molar-refractivity contribution is -0.0810. The second-order valence-corrected chi connectivity index (χ2v) is 12.6. The van der Waals surface area contributed by atoms with Crippen molar-refractivity contribution >= 4 is 5.78 Å². The zero-order chi connectivity index (χ0) is 26.6. The van der Waals surface area contributed by atoms with Gasteiger partial charge in [0.15, 0.2) is 5.78 Å². The summed E-state index contributed by atoms with van der Waals surface area (Å²) in [5.74, 6) is 0.432. The van der Waals surface area contributed by atoms with E-state index in [1.54, 1.807) is 0 Å². The van der Waals surface area contributed by atoms with Crippen LogP contribution in [0.25, 0.3) is 0 Å². The number of ketones is 1. The Hall–Kier alpha value is -1.53. The van der Waals surface area contributed by atoms with Crippen molar-refractivity contribution in [2.45, 2.75) is 109 Å². The van der Waals surface area contributed by atoms with Crippen LogP contribution < -0.4 is 0 Å². The van der Waals surface area contributed by atoms with Crippen molar-refractivity contribution in [1.82, 2.24) is 4.90 Å². The van der Waals surface area contributed by atoms with Crippen LogP contribution in [-0.4, -0.2) is 64.5 Å². The predicted octanol–water partition coefficient (Wildman–Crippen LogP) is 5.41. The van der Waals surface area contributed by atoms with Crippen LogP contribution >= 0.6 is 0 Å². The third kappa shape index (κ3) is 6.21. The van der Waals surface area contributed by atoms with Crippen LogP contribution in [0.2, 0.25) is 0 Å². The summed E-state index contributed by atoms with van der Waals surface area (Å²) in [6, 6.07) is 6.34. The average molecular weight is 512 g/mol. The van der Waals surface area contributed by atoms with Gasteiger partial charge < -0.3 is 20.2 Å². The molecule has 2 fully saturated rings. The van der Waals surface area contributed by atoms with Gasteiger partial charge in [0, 0.05) is 30.0 Å². The summed E-state index contributed by atoms with van der Waals surface area (Å²) in [6.07, 6.45) is 12.6. The third-order valence-corrected chi connectivity index (χ3v) is 9.93. The minimum Gasteiger partial charge on any atom is -0.395 e. The summed E-state index contributed by atoms with van der Waals surface area (Å²) >= 11 is 0. The monoisotopic (exact) mass is 511 g/mol. The van der Waals surface area contributed by atoms with Crippen LogP contribution in [0.15, 0.2) is 29.8 Å². The zero-order valence-corrected chi connectivity index (χ0v) is 23.3. The Balaban J connectivity index is 1.79. The SMILES string of the molecule is CC1=CCCC2(C)C(CCC2(O)CN(C)CCO)c2ccc(cc2C(=O)C2CCCCC2)CC(O)CC1. The summed E-state index contributed by atoms with van der Waals surface area (Å²) < 4.78 is 0. The molecule has 4 atom stereocenters. The number of benzene rings is 1. The topological polar surface area (TPSA) is 81.0 Å². The number of nitrogens with zero attached hydrogens (tertiary/aromatic N) is 1. The highest BCUT2D eigenvalue weighted by Gasteiger charge is 2.57. The average Bonchev–Trinajstić information content (AvgIpc) is 3.12. The molecule has 206 valence electrons. The number of hydrogen-bond donors (Lipinski definition) is 3. The smallest absolute Gasteiger partial charge is 0.166 e. The van der Waals surface area contributed by atoms with Gasteiger partial charge >= 0.3 is 0 Å². The molecule has 0 radical (unpaired) electrons. The minimum absolute atomic E-state index is 0.0714. The first kappa shape index (κ1) is 28.5. The van der Waals surface area contributed by atoms with Gasteiger partial charge in [0.2, 0.25) is 0 Å². The molecule has 0 spiro atoms. The summed E-state index contributed by atoms with van der Waals surface area (Å²) in [4.78, 5) is 16.1. The van der Waals surface area contributed by atoms with Gasteiger partial charge in [-0.2, -0.15) is 0 Å². The normalized spacial score (nSPS) is 31.7. The van der Waals surface area contributed by atoms with Crippen LogP contribution in [0.1, 0.15) is 112 Å². The predicted molar refractivity (Wildman–Crippen MR) is 149 cm³/mol. The highest BCUT2D eigenvalue weighted by Crippen LogP contribution is 2.58. The Morgan fingerprint density at radius 3 is 2.59 bits per heavy atom. The highest BCUT2D eigenvalue weighted by molar-refractivity contribution is 5.99. The molecular weight excluding hydrogens is 462 g/mol. The van der Waals surface area contributed by atoms with E-state index in [-0.39, 0.29) is 24.2 Å². The molecule has 4 unspecified atom stereocenters. The van der Waals surface area contributed by atoms with Gasteiger partial charge in [-0.1, -0.05) is 50.0 Å². The molecule has 5 heteroatoms. The number of allylic oxidation sites excluding steroid dienone is 2. The molecule has 3 N–H and O–H groups in total. The molecule has 1 aromatic rings. The first-order valence-corrected chi connectivity index (χ1v) is 14.7. The maximum absolute atomic E-state index is 14.0. The second kappa shape index (κ2) is 12.1. The van der Waals surface area contributed by atoms with Crippen LogP contribution in [0.4, 0.5) is 0 Å². The summed E-state index contributed by atoms with van der Waals surface area (Å²) in [6.45, 7) is 5.49. The molecule has 0 aromatic heterocycles. The molecule has 4 aliphatic carbocycles. The fourth-order valence-electron chi connectivity index (χ4n) is 7.49. The van der Waals surface area contributed by atoms with E-state index in [1.807, 2.05) is 11.9 Å². The van der Waals surface area contributed by atoms with Gasteiger partial charge in [-0.05, 0) is 94.9 Å². The van der Waals surface area contributed by atoms with Gasteiger partial charge in [0.25, 0.3) is 0 Å². The van der Waals surface area contributed by atoms with Crippen LogP contribution in [-0.2, 0) is 6.42 Å².